The molecule has 2 fully saturated rings. The fourth-order valence-electron chi connectivity index (χ4n) is 4.70. The molecular weight excluding hydrogens is 570 g/mol. The summed E-state index contributed by atoms with van der Waals surface area (Å²) in [6.07, 6.45) is 1.17. The molecule has 7 nitrogen and oxygen atoms in total. The number of hydrogen-bond acceptors (Lipinski definition) is 6. The molecule has 0 radical (unpaired) electrons. The Labute approximate surface area is 251 Å². The van der Waals surface area contributed by atoms with Crippen molar-refractivity contribution in [2.24, 2.45) is 0 Å². The number of benzene rings is 2. The third-order valence-electron chi connectivity index (χ3n) is 6.80. The highest BCUT2D eigenvalue weighted by atomic mass is 35.5. The standard InChI is InChI=1S/C27H36N4O2.4ClH.H2O/c32-26(24-8-3-1-4-9-24)22-30-18-14-28(15-19-30)12-7-13-29-16-20-31(21-17-29)23-27(33)25-10-5-2-6-11-25;;;;;/h1-6,8-11H,7,12-23H2;4*1H;1H2. The fraction of sp³-hybridized carbons (Fsp3) is 0.481. The van der Waals surface area contributed by atoms with E-state index in [9.17, 15) is 9.59 Å². The number of ketones is 2. The Morgan fingerprint density at radius 2 is 0.789 bits per heavy atom. The van der Waals surface area contributed by atoms with E-state index < -0.39 is 0 Å². The molecule has 2 saturated heterocycles. The number of carbonyl (C=O) groups is 2. The highest BCUT2D eigenvalue weighted by molar-refractivity contribution is 5.98. The van der Waals surface area contributed by atoms with Crippen molar-refractivity contribution in [2.45, 2.75) is 6.42 Å². The number of Topliss-reactive ketones (excluding diaryl/α,β-unsaturated/α-hetero) is 2. The van der Waals surface area contributed by atoms with Crippen molar-refractivity contribution >= 4 is 61.2 Å². The Kier molecular flexibility index (Phi) is 21.1. The summed E-state index contributed by atoms with van der Waals surface area (Å²) in [5, 5.41) is 0. The van der Waals surface area contributed by atoms with Crippen molar-refractivity contribution in [3.05, 3.63) is 71.8 Å². The molecule has 0 spiro atoms. The maximum absolute atomic E-state index is 12.4. The smallest absolute Gasteiger partial charge is 0.176 e. The first kappa shape index (κ1) is 38.9. The van der Waals surface area contributed by atoms with Gasteiger partial charge in [0.15, 0.2) is 11.6 Å². The third-order valence-corrected chi connectivity index (χ3v) is 6.80. The van der Waals surface area contributed by atoms with Crippen molar-refractivity contribution in [1.29, 1.82) is 0 Å². The van der Waals surface area contributed by atoms with Gasteiger partial charge in [0.25, 0.3) is 0 Å². The molecule has 4 rings (SSSR count). The number of halogens is 4. The van der Waals surface area contributed by atoms with Crippen LogP contribution in [0.5, 0.6) is 0 Å². The molecule has 11 heteroatoms. The topological polar surface area (TPSA) is 78.6 Å². The van der Waals surface area contributed by atoms with Gasteiger partial charge >= 0.3 is 0 Å². The lowest BCUT2D eigenvalue weighted by Gasteiger charge is -2.36. The lowest BCUT2D eigenvalue weighted by Crippen LogP contribution is -2.49. The molecule has 2 N–H and O–H groups in total. The van der Waals surface area contributed by atoms with E-state index in [0.717, 1.165) is 76.6 Å². The molecule has 216 valence electrons. The van der Waals surface area contributed by atoms with Crippen LogP contribution in [0.1, 0.15) is 27.1 Å². The van der Waals surface area contributed by atoms with E-state index >= 15 is 0 Å². The van der Waals surface area contributed by atoms with Crippen molar-refractivity contribution in [3.8, 4) is 0 Å². The average Bonchev–Trinajstić information content (AvgIpc) is 2.87. The highest BCUT2D eigenvalue weighted by Gasteiger charge is 2.21. The molecule has 2 aliphatic rings. The van der Waals surface area contributed by atoms with E-state index in [2.05, 4.69) is 19.6 Å². The van der Waals surface area contributed by atoms with Crippen LogP contribution < -0.4 is 0 Å². The molecule has 0 aliphatic carbocycles. The molecule has 0 atom stereocenters. The number of nitrogens with zero attached hydrogens (tertiary/aromatic N) is 4. The van der Waals surface area contributed by atoms with Crippen LogP contribution in [0.2, 0.25) is 0 Å². The molecular formula is C27H42Cl4N4O3. The highest BCUT2D eigenvalue weighted by Crippen LogP contribution is 2.09. The van der Waals surface area contributed by atoms with Gasteiger partial charge in [0.2, 0.25) is 0 Å². The zero-order chi connectivity index (χ0) is 22.9. The summed E-state index contributed by atoms with van der Waals surface area (Å²) in [6, 6.07) is 19.2. The summed E-state index contributed by atoms with van der Waals surface area (Å²) in [7, 11) is 0. The monoisotopic (exact) mass is 610 g/mol. The van der Waals surface area contributed by atoms with Crippen molar-refractivity contribution in [2.75, 3.05) is 78.5 Å². The Morgan fingerprint density at radius 1 is 0.500 bits per heavy atom. The van der Waals surface area contributed by atoms with Crippen LogP contribution in [0.4, 0.5) is 0 Å². The molecule has 2 aliphatic heterocycles. The van der Waals surface area contributed by atoms with Gasteiger partial charge in [0, 0.05) is 63.5 Å². The van der Waals surface area contributed by atoms with Gasteiger partial charge in [-0.3, -0.25) is 19.4 Å². The Bertz CT molecular complexity index is 822. The van der Waals surface area contributed by atoms with Gasteiger partial charge in [-0.15, -0.1) is 49.6 Å². The van der Waals surface area contributed by atoms with Crippen LogP contribution in [0, 0.1) is 0 Å². The van der Waals surface area contributed by atoms with E-state index in [1.807, 2.05) is 60.7 Å². The summed E-state index contributed by atoms with van der Waals surface area (Å²) in [6.45, 7) is 11.3. The van der Waals surface area contributed by atoms with Crippen molar-refractivity contribution in [1.82, 2.24) is 19.6 Å². The summed E-state index contributed by atoms with van der Waals surface area (Å²) >= 11 is 0. The molecule has 0 saturated carbocycles. The van der Waals surface area contributed by atoms with E-state index in [1.54, 1.807) is 0 Å². The van der Waals surface area contributed by atoms with E-state index in [4.69, 9.17) is 0 Å². The van der Waals surface area contributed by atoms with Gasteiger partial charge in [-0.25, -0.2) is 0 Å². The van der Waals surface area contributed by atoms with Crippen molar-refractivity contribution in [3.63, 3.8) is 0 Å². The van der Waals surface area contributed by atoms with Crippen LogP contribution >= 0.6 is 49.6 Å². The fourth-order valence-corrected chi connectivity index (χ4v) is 4.70. The Balaban J connectivity index is 0. The quantitative estimate of drug-likeness (QED) is 0.384. The second-order valence-electron chi connectivity index (χ2n) is 9.17. The van der Waals surface area contributed by atoms with Crippen molar-refractivity contribution < 1.29 is 15.1 Å². The molecule has 2 aromatic rings. The predicted molar refractivity (Wildman–Crippen MR) is 165 cm³/mol. The molecule has 0 amide bonds. The Morgan fingerprint density at radius 3 is 1.11 bits per heavy atom. The van der Waals surface area contributed by atoms with Crippen LogP contribution in [-0.2, 0) is 0 Å². The minimum atomic E-state index is 0. The number of piperazine rings is 2. The van der Waals surface area contributed by atoms with Crippen LogP contribution in [0.3, 0.4) is 0 Å². The minimum Gasteiger partial charge on any atom is -0.412 e. The number of rotatable bonds is 10. The third kappa shape index (κ3) is 12.3. The van der Waals surface area contributed by atoms with Crippen LogP contribution in [-0.4, -0.2) is 115 Å². The first-order valence-corrected chi connectivity index (χ1v) is 12.2. The van der Waals surface area contributed by atoms with Crippen LogP contribution in [0.25, 0.3) is 0 Å². The molecule has 38 heavy (non-hydrogen) atoms. The minimum absolute atomic E-state index is 0. The van der Waals surface area contributed by atoms with Gasteiger partial charge in [0.1, 0.15) is 0 Å². The molecule has 0 bridgehead atoms. The largest absolute Gasteiger partial charge is 0.412 e. The second-order valence-corrected chi connectivity index (χ2v) is 9.17. The van der Waals surface area contributed by atoms with Gasteiger partial charge < -0.3 is 15.3 Å². The lowest BCUT2D eigenvalue weighted by atomic mass is 10.1. The maximum atomic E-state index is 12.4. The van der Waals surface area contributed by atoms with Gasteiger partial charge in [0.05, 0.1) is 13.1 Å². The SMILES string of the molecule is Cl.Cl.Cl.Cl.O.O=C(CN1CCN(CCCN2CCN(CC(=O)c3ccccc3)CC2)CC1)c1ccccc1. The number of hydrogen-bond donors (Lipinski definition) is 0. The molecule has 2 heterocycles. The summed E-state index contributed by atoms with van der Waals surface area (Å²) in [5.41, 5.74) is 1.62. The summed E-state index contributed by atoms with van der Waals surface area (Å²) in [4.78, 5) is 34.4. The van der Waals surface area contributed by atoms with Gasteiger partial charge in [-0.05, 0) is 19.5 Å². The number of carbonyl (C=O) groups excluding carboxylic acids is 2. The zero-order valence-corrected chi connectivity index (χ0v) is 25.0. The van der Waals surface area contributed by atoms with E-state index in [-0.39, 0.29) is 66.7 Å². The lowest BCUT2D eigenvalue weighted by molar-refractivity contribution is 0.0816. The van der Waals surface area contributed by atoms with E-state index in [1.165, 1.54) is 6.42 Å². The first-order valence-electron chi connectivity index (χ1n) is 12.2. The second kappa shape index (κ2) is 20.6. The summed E-state index contributed by atoms with van der Waals surface area (Å²) < 4.78 is 0. The molecule has 0 aromatic heterocycles. The average molecular weight is 612 g/mol. The molecule has 2 aromatic carbocycles. The predicted octanol–water partition coefficient (Wildman–Crippen LogP) is 3.24. The normalized spacial score (nSPS) is 16.4. The first-order chi connectivity index (χ1) is 16.2. The van der Waals surface area contributed by atoms with Gasteiger partial charge in [-0.2, -0.15) is 0 Å². The van der Waals surface area contributed by atoms with Crippen LogP contribution in [0.15, 0.2) is 60.7 Å². The van der Waals surface area contributed by atoms with Gasteiger partial charge in [-0.1, -0.05) is 60.7 Å². The Hall–Kier alpha value is -1.26. The molecule has 0 unspecified atom stereocenters. The maximum Gasteiger partial charge on any atom is 0.176 e. The summed E-state index contributed by atoms with van der Waals surface area (Å²) in [5.74, 6) is 0.433. The zero-order valence-electron chi connectivity index (χ0n) is 21.7. The van der Waals surface area contributed by atoms with E-state index in [0.29, 0.717) is 13.1 Å².